The van der Waals surface area contributed by atoms with E-state index in [9.17, 15) is 17.4 Å². The van der Waals surface area contributed by atoms with Crippen LogP contribution in [0, 0.1) is 0 Å². The fourth-order valence-electron chi connectivity index (χ4n) is 1.55. The third-order valence-corrected chi connectivity index (χ3v) is 4.25. The van der Waals surface area contributed by atoms with E-state index < -0.39 is 27.7 Å². The van der Waals surface area contributed by atoms with E-state index in [0.717, 1.165) is 12.1 Å². The highest BCUT2D eigenvalue weighted by Crippen LogP contribution is 2.39. The molecule has 2 rings (SSSR count). The summed E-state index contributed by atoms with van der Waals surface area (Å²) >= 11 is 11.4. The van der Waals surface area contributed by atoms with Crippen molar-refractivity contribution in [1.82, 2.24) is 0 Å². The van der Waals surface area contributed by atoms with Crippen LogP contribution in [0.3, 0.4) is 0 Å². The van der Waals surface area contributed by atoms with Crippen molar-refractivity contribution >= 4 is 39.9 Å². The van der Waals surface area contributed by atoms with E-state index >= 15 is 0 Å². The zero-order chi connectivity index (χ0) is 15.6. The van der Waals surface area contributed by atoms with Crippen LogP contribution in [-0.2, 0) is 17.2 Å². The highest BCUT2D eigenvalue weighted by atomic mass is 35.5. The molecule has 0 fully saturated rings. The van der Waals surface area contributed by atoms with Gasteiger partial charge >= 0.3 is 6.18 Å². The lowest BCUT2D eigenvalue weighted by atomic mass is 10.2. The van der Waals surface area contributed by atoms with Gasteiger partial charge in [0.2, 0.25) is 0 Å². The normalized spacial score (nSPS) is 13.0. The third kappa shape index (κ3) is 3.90. The van der Waals surface area contributed by atoms with Crippen molar-refractivity contribution in [2.45, 2.75) is 11.1 Å². The average Bonchev–Trinajstić information content (AvgIpc) is 2.41. The molecule has 112 valence electrons. The summed E-state index contributed by atoms with van der Waals surface area (Å²) < 4.78 is 52.9. The molecule has 0 aliphatic carbocycles. The Morgan fingerprint density at radius 1 is 1.00 bits per heavy atom. The second-order valence-corrected chi connectivity index (χ2v) is 6.02. The van der Waals surface area contributed by atoms with Gasteiger partial charge in [0.05, 0.1) is 26.2 Å². The molecule has 0 aliphatic heterocycles. The Morgan fingerprint density at radius 2 is 1.62 bits per heavy atom. The third-order valence-electron chi connectivity index (χ3n) is 2.52. The van der Waals surface area contributed by atoms with Gasteiger partial charge in [0.1, 0.15) is 11.0 Å². The molecule has 0 bridgehead atoms. The summed E-state index contributed by atoms with van der Waals surface area (Å²) in [6.07, 6.45) is -4.62. The van der Waals surface area contributed by atoms with Gasteiger partial charge in [-0.2, -0.15) is 13.2 Å². The van der Waals surface area contributed by atoms with Crippen LogP contribution in [0.5, 0.6) is 0 Å². The van der Waals surface area contributed by atoms with Gasteiger partial charge < -0.3 is 0 Å². The SMILES string of the molecule is O=S(Nc1cc(C(F)(F)F)c(Cl)cc1Cl)c1ccccc1. The number of benzene rings is 2. The van der Waals surface area contributed by atoms with E-state index in [1.807, 2.05) is 0 Å². The van der Waals surface area contributed by atoms with Gasteiger partial charge in [-0.3, -0.25) is 4.72 Å². The molecule has 0 aliphatic rings. The highest BCUT2D eigenvalue weighted by Gasteiger charge is 2.34. The van der Waals surface area contributed by atoms with E-state index in [1.165, 1.54) is 0 Å². The van der Waals surface area contributed by atoms with E-state index in [-0.39, 0.29) is 10.7 Å². The predicted molar refractivity (Wildman–Crippen MR) is 77.9 cm³/mol. The molecule has 1 unspecified atom stereocenters. The van der Waals surface area contributed by atoms with Gasteiger partial charge in [0.15, 0.2) is 0 Å². The molecular weight excluding hydrogens is 346 g/mol. The summed E-state index contributed by atoms with van der Waals surface area (Å²) in [5.41, 5.74) is -1.14. The molecule has 8 heteroatoms. The lowest BCUT2D eigenvalue weighted by Gasteiger charge is -2.13. The summed E-state index contributed by atoms with van der Waals surface area (Å²) in [5, 5.41) is -0.555. The minimum Gasteiger partial charge on any atom is -0.300 e. The fourth-order valence-corrected chi connectivity index (χ4v) is 3.03. The summed E-state index contributed by atoms with van der Waals surface area (Å²) in [7, 11) is -1.73. The molecule has 2 nitrogen and oxygen atoms in total. The van der Waals surface area contributed by atoms with Gasteiger partial charge in [0, 0.05) is 0 Å². The second kappa shape index (κ2) is 6.25. The minimum absolute atomic E-state index is 0.0442. The van der Waals surface area contributed by atoms with Crippen molar-refractivity contribution in [3.8, 4) is 0 Å². The van der Waals surface area contributed by atoms with Crippen molar-refractivity contribution in [1.29, 1.82) is 0 Å². The van der Waals surface area contributed by atoms with Gasteiger partial charge in [-0.15, -0.1) is 0 Å². The zero-order valence-corrected chi connectivity index (χ0v) is 12.6. The standard InChI is InChI=1S/C13H8Cl2F3NOS/c14-10-7-11(15)12(6-9(10)13(16,17)18)19-21(20)8-4-2-1-3-5-8/h1-7,19H. The van der Waals surface area contributed by atoms with E-state index in [1.54, 1.807) is 30.3 Å². The highest BCUT2D eigenvalue weighted by molar-refractivity contribution is 7.86. The smallest absolute Gasteiger partial charge is 0.300 e. The first kappa shape index (κ1) is 16.1. The summed E-state index contributed by atoms with van der Waals surface area (Å²) in [6.45, 7) is 0. The van der Waals surface area contributed by atoms with Crippen LogP contribution in [0.25, 0.3) is 0 Å². The van der Waals surface area contributed by atoms with E-state index in [4.69, 9.17) is 23.2 Å². The molecule has 0 saturated heterocycles. The molecule has 0 heterocycles. The topological polar surface area (TPSA) is 29.1 Å². The van der Waals surface area contributed by atoms with Crippen LogP contribution in [-0.4, -0.2) is 4.21 Å². The Morgan fingerprint density at radius 3 is 2.19 bits per heavy atom. The maximum absolute atomic E-state index is 12.8. The molecule has 0 radical (unpaired) electrons. The van der Waals surface area contributed by atoms with Gasteiger partial charge in [-0.1, -0.05) is 41.4 Å². The van der Waals surface area contributed by atoms with Crippen LogP contribution in [0.1, 0.15) is 5.56 Å². The van der Waals surface area contributed by atoms with E-state index in [2.05, 4.69) is 4.72 Å². The fraction of sp³-hybridized carbons (Fsp3) is 0.0769. The number of hydrogen-bond acceptors (Lipinski definition) is 1. The molecule has 2 aromatic carbocycles. The minimum atomic E-state index is -4.62. The summed E-state index contributed by atoms with van der Waals surface area (Å²) in [6, 6.07) is 9.94. The Balaban J connectivity index is 2.35. The molecule has 0 aromatic heterocycles. The van der Waals surface area contributed by atoms with Crippen LogP contribution in [0.4, 0.5) is 18.9 Å². The number of rotatable bonds is 3. The second-order valence-electron chi connectivity index (χ2n) is 3.99. The van der Waals surface area contributed by atoms with Crippen molar-refractivity contribution in [2.24, 2.45) is 0 Å². The molecule has 1 N–H and O–H groups in total. The maximum atomic E-state index is 12.8. The quantitative estimate of drug-likeness (QED) is 0.812. The average molecular weight is 354 g/mol. The first-order valence-electron chi connectivity index (χ1n) is 5.59. The number of nitrogens with one attached hydrogen (secondary N) is 1. The lowest BCUT2D eigenvalue weighted by Crippen LogP contribution is -2.09. The Kier molecular flexibility index (Phi) is 4.81. The predicted octanol–water partition coefficient (Wildman–Crippen LogP) is 5.15. The first-order chi connectivity index (χ1) is 9.79. The van der Waals surface area contributed by atoms with Crippen LogP contribution >= 0.6 is 23.2 Å². The number of anilines is 1. The van der Waals surface area contributed by atoms with Crippen LogP contribution in [0.2, 0.25) is 10.0 Å². The zero-order valence-electron chi connectivity index (χ0n) is 10.2. The van der Waals surface area contributed by atoms with Gasteiger partial charge in [-0.05, 0) is 24.3 Å². The first-order valence-corrected chi connectivity index (χ1v) is 7.49. The summed E-state index contributed by atoms with van der Waals surface area (Å²) in [4.78, 5) is 0.414. The molecule has 0 saturated carbocycles. The van der Waals surface area contributed by atoms with Gasteiger partial charge in [0.25, 0.3) is 0 Å². The Bertz CT molecular complexity index is 677. The van der Waals surface area contributed by atoms with E-state index in [0.29, 0.717) is 4.90 Å². The van der Waals surface area contributed by atoms with Crippen molar-refractivity contribution in [3.63, 3.8) is 0 Å². The van der Waals surface area contributed by atoms with Crippen molar-refractivity contribution in [3.05, 3.63) is 58.1 Å². The number of hydrogen-bond donors (Lipinski definition) is 1. The maximum Gasteiger partial charge on any atom is 0.417 e. The summed E-state index contributed by atoms with van der Waals surface area (Å²) in [5.74, 6) is 0. The molecule has 0 amide bonds. The molecule has 21 heavy (non-hydrogen) atoms. The largest absolute Gasteiger partial charge is 0.417 e. The lowest BCUT2D eigenvalue weighted by molar-refractivity contribution is -0.137. The van der Waals surface area contributed by atoms with Crippen molar-refractivity contribution in [2.75, 3.05) is 4.72 Å². The molecular formula is C13H8Cl2F3NOS. The van der Waals surface area contributed by atoms with Crippen LogP contribution in [0.15, 0.2) is 47.4 Å². The molecule has 1 atom stereocenters. The monoisotopic (exact) mass is 353 g/mol. The molecule has 0 spiro atoms. The molecule has 2 aromatic rings. The van der Waals surface area contributed by atoms with Crippen LogP contribution < -0.4 is 4.72 Å². The Labute approximate surface area is 131 Å². The number of halogens is 5. The van der Waals surface area contributed by atoms with Crippen molar-refractivity contribution < 1.29 is 17.4 Å². The number of alkyl halides is 3. The Hall–Kier alpha value is -1.24. The van der Waals surface area contributed by atoms with Gasteiger partial charge in [-0.25, -0.2) is 4.21 Å².